The lowest BCUT2D eigenvalue weighted by molar-refractivity contribution is 0.227. The molecular formula is C11H17FN2. The minimum atomic E-state index is -0.815. The molecule has 1 saturated heterocycles. The first-order valence-corrected chi connectivity index (χ1v) is 5.27. The van der Waals surface area contributed by atoms with Crippen molar-refractivity contribution in [2.24, 2.45) is 5.92 Å². The van der Waals surface area contributed by atoms with Crippen molar-refractivity contribution >= 4 is 0 Å². The van der Waals surface area contributed by atoms with Gasteiger partial charge in [-0.3, -0.25) is 0 Å². The van der Waals surface area contributed by atoms with Gasteiger partial charge in [-0.05, 0) is 12.2 Å². The first kappa shape index (κ1) is 9.71. The molecule has 2 rings (SSSR count). The lowest BCUT2D eigenvalue weighted by Gasteiger charge is -2.36. The molecule has 1 N–H and O–H groups in total. The van der Waals surface area contributed by atoms with Gasteiger partial charge in [0.05, 0.1) is 0 Å². The van der Waals surface area contributed by atoms with Gasteiger partial charge in [0, 0.05) is 37.8 Å². The van der Waals surface area contributed by atoms with Crippen LogP contribution in [0.5, 0.6) is 0 Å². The Bertz CT molecular complexity index is 254. The molecule has 0 aromatic heterocycles. The van der Waals surface area contributed by atoms with E-state index in [4.69, 9.17) is 0 Å². The van der Waals surface area contributed by atoms with Crippen LogP contribution in [0.4, 0.5) is 4.39 Å². The smallest absolute Gasteiger partial charge is 0.127 e. The zero-order valence-corrected chi connectivity index (χ0v) is 8.54. The van der Waals surface area contributed by atoms with E-state index < -0.39 is 6.17 Å². The van der Waals surface area contributed by atoms with Crippen molar-refractivity contribution in [3.8, 4) is 0 Å². The average Bonchev–Trinajstić information content (AvgIpc) is 2.23. The van der Waals surface area contributed by atoms with Crippen LogP contribution >= 0.6 is 0 Å². The Kier molecular flexibility index (Phi) is 2.87. The summed E-state index contributed by atoms with van der Waals surface area (Å²) in [5, 5.41) is 3.30. The molecular weight excluding hydrogens is 179 g/mol. The van der Waals surface area contributed by atoms with Crippen molar-refractivity contribution in [1.82, 2.24) is 10.2 Å². The Morgan fingerprint density at radius 1 is 1.43 bits per heavy atom. The lowest BCUT2D eigenvalue weighted by Crippen LogP contribution is -2.45. The molecule has 0 spiro atoms. The number of allylic oxidation sites excluding steroid dienone is 4. The summed E-state index contributed by atoms with van der Waals surface area (Å²) in [4.78, 5) is 2.29. The van der Waals surface area contributed by atoms with Gasteiger partial charge in [-0.1, -0.05) is 13.0 Å². The van der Waals surface area contributed by atoms with Crippen molar-refractivity contribution in [3.05, 3.63) is 23.9 Å². The summed E-state index contributed by atoms with van der Waals surface area (Å²) in [6.45, 7) is 5.96. The van der Waals surface area contributed by atoms with Gasteiger partial charge in [0.1, 0.15) is 6.17 Å². The maximum absolute atomic E-state index is 13.4. The molecule has 2 aliphatic rings. The van der Waals surface area contributed by atoms with E-state index in [2.05, 4.69) is 10.2 Å². The average molecular weight is 196 g/mol. The highest BCUT2D eigenvalue weighted by atomic mass is 19.1. The van der Waals surface area contributed by atoms with E-state index in [1.165, 1.54) is 0 Å². The normalized spacial score (nSPS) is 33.0. The molecule has 0 amide bonds. The molecule has 1 heterocycles. The summed E-state index contributed by atoms with van der Waals surface area (Å²) in [5.74, 6) is 0.0121. The van der Waals surface area contributed by atoms with E-state index >= 15 is 0 Å². The molecule has 1 fully saturated rings. The van der Waals surface area contributed by atoms with Crippen LogP contribution in [0.25, 0.3) is 0 Å². The molecule has 1 aliphatic heterocycles. The Labute approximate surface area is 84.5 Å². The van der Waals surface area contributed by atoms with Gasteiger partial charge in [0.2, 0.25) is 0 Å². The molecule has 0 aromatic rings. The van der Waals surface area contributed by atoms with Crippen LogP contribution in [0.2, 0.25) is 0 Å². The van der Waals surface area contributed by atoms with Crippen LogP contribution in [0.3, 0.4) is 0 Å². The predicted octanol–water partition coefficient (Wildman–Crippen LogP) is 1.32. The molecule has 2 nitrogen and oxygen atoms in total. The molecule has 0 bridgehead atoms. The van der Waals surface area contributed by atoms with Gasteiger partial charge >= 0.3 is 0 Å². The van der Waals surface area contributed by atoms with E-state index in [9.17, 15) is 4.39 Å². The van der Waals surface area contributed by atoms with E-state index in [1.807, 2.05) is 19.1 Å². The van der Waals surface area contributed by atoms with Crippen LogP contribution < -0.4 is 5.32 Å². The highest BCUT2D eigenvalue weighted by Gasteiger charge is 2.25. The van der Waals surface area contributed by atoms with Crippen LogP contribution in [0, 0.1) is 5.92 Å². The van der Waals surface area contributed by atoms with Gasteiger partial charge in [0.15, 0.2) is 0 Å². The number of nitrogens with zero attached hydrogens (tertiary/aromatic N) is 1. The SMILES string of the molecule is CC1C(N2CCNCC2)=CC=CC1F. The van der Waals surface area contributed by atoms with E-state index in [1.54, 1.807) is 6.08 Å². The Hall–Kier alpha value is -0.830. The first-order valence-electron chi connectivity index (χ1n) is 5.27. The maximum Gasteiger partial charge on any atom is 0.127 e. The number of piperazine rings is 1. The maximum atomic E-state index is 13.4. The zero-order chi connectivity index (χ0) is 9.97. The second-order valence-corrected chi connectivity index (χ2v) is 3.95. The van der Waals surface area contributed by atoms with Crippen molar-refractivity contribution in [1.29, 1.82) is 0 Å². The Morgan fingerprint density at radius 2 is 2.14 bits per heavy atom. The van der Waals surface area contributed by atoms with Gasteiger partial charge < -0.3 is 10.2 Å². The molecule has 2 unspecified atom stereocenters. The number of hydrogen-bond donors (Lipinski definition) is 1. The Balaban J connectivity index is 2.08. The summed E-state index contributed by atoms with van der Waals surface area (Å²) in [6, 6.07) is 0. The van der Waals surface area contributed by atoms with Crippen LogP contribution in [-0.2, 0) is 0 Å². The van der Waals surface area contributed by atoms with Gasteiger partial charge in [-0.2, -0.15) is 0 Å². The van der Waals surface area contributed by atoms with Crippen LogP contribution in [0.15, 0.2) is 23.9 Å². The number of nitrogens with one attached hydrogen (secondary N) is 1. The molecule has 0 aromatic carbocycles. The number of hydrogen-bond acceptors (Lipinski definition) is 2. The summed E-state index contributed by atoms with van der Waals surface area (Å²) >= 11 is 0. The quantitative estimate of drug-likeness (QED) is 0.680. The summed E-state index contributed by atoms with van der Waals surface area (Å²) < 4.78 is 13.4. The fourth-order valence-corrected chi connectivity index (χ4v) is 2.06. The van der Waals surface area contributed by atoms with Crippen molar-refractivity contribution in [2.45, 2.75) is 13.1 Å². The number of halogens is 1. The van der Waals surface area contributed by atoms with Crippen LogP contribution in [0.1, 0.15) is 6.92 Å². The predicted molar refractivity (Wildman–Crippen MR) is 55.7 cm³/mol. The van der Waals surface area contributed by atoms with Crippen LogP contribution in [-0.4, -0.2) is 37.3 Å². The topological polar surface area (TPSA) is 15.3 Å². The van der Waals surface area contributed by atoms with Crippen molar-refractivity contribution < 1.29 is 4.39 Å². The second-order valence-electron chi connectivity index (χ2n) is 3.95. The summed E-state index contributed by atoms with van der Waals surface area (Å²) in [5.41, 5.74) is 1.15. The highest BCUT2D eigenvalue weighted by Crippen LogP contribution is 2.25. The fraction of sp³-hybridized carbons (Fsp3) is 0.636. The van der Waals surface area contributed by atoms with E-state index in [-0.39, 0.29) is 5.92 Å². The molecule has 78 valence electrons. The van der Waals surface area contributed by atoms with E-state index in [0.717, 1.165) is 31.9 Å². The fourth-order valence-electron chi connectivity index (χ4n) is 2.06. The summed E-state index contributed by atoms with van der Waals surface area (Å²) in [6.07, 6.45) is 4.70. The van der Waals surface area contributed by atoms with Gasteiger partial charge in [-0.25, -0.2) is 4.39 Å². The third-order valence-corrected chi connectivity index (χ3v) is 2.99. The molecule has 2 atom stereocenters. The largest absolute Gasteiger partial charge is 0.372 e. The van der Waals surface area contributed by atoms with E-state index in [0.29, 0.717) is 0 Å². The number of rotatable bonds is 1. The Morgan fingerprint density at radius 3 is 2.86 bits per heavy atom. The zero-order valence-electron chi connectivity index (χ0n) is 8.54. The van der Waals surface area contributed by atoms with Gasteiger partial charge in [-0.15, -0.1) is 0 Å². The monoisotopic (exact) mass is 196 g/mol. The van der Waals surface area contributed by atoms with Gasteiger partial charge in [0.25, 0.3) is 0 Å². The number of alkyl halides is 1. The third kappa shape index (κ3) is 1.82. The summed E-state index contributed by atoms with van der Waals surface area (Å²) in [7, 11) is 0. The van der Waals surface area contributed by atoms with Crippen molar-refractivity contribution in [3.63, 3.8) is 0 Å². The standard InChI is InChI=1S/C11H17FN2/c1-9-10(12)3-2-4-11(9)14-7-5-13-6-8-14/h2-4,9-10,13H,5-8H2,1H3. The molecule has 14 heavy (non-hydrogen) atoms. The molecule has 3 heteroatoms. The lowest BCUT2D eigenvalue weighted by atomic mass is 9.95. The highest BCUT2D eigenvalue weighted by molar-refractivity contribution is 5.23. The minimum Gasteiger partial charge on any atom is -0.372 e. The minimum absolute atomic E-state index is 0.0121. The second kappa shape index (κ2) is 4.13. The molecule has 0 radical (unpaired) electrons. The first-order chi connectivity index (χ1) is 6.79. The van der Waals surface area contributed by atoms with Crippen molar-refractivity contribution in [2.75, 3.05) is 26.2 Å². The third-order valence-electron chi connectivity index (χ3n) is 2.99. The molecule has 1 aliphatic carbocycles. The molecule has 0 saturated carbocycles.